The van der Waals surface area contributed by atoms with E-state index in [0.717, 1.165) is 28.0 Å². The van der Waals surface area contributed by atoms with Gasteiger partial charge in [0.25, 0.3) is 0 Å². The zero-order valence-corrected chi connectivity index (χ0v) is 12.0. The fourth-order valence-electron chi connectivity index (χ4n) is 2.39. The molecular formula is C15H20N4O. The fraction of sp³-hybridized carbons (Fsp3) is 0.267. The van der Waals surface area contributed by atoms with Crippen LogP contribution in [0.25, 0.3) is 0 Å². The van der Waals surface area contributed by atoms with Crippen LogP contribution in [0.3, 0.4) is 0 Å². The van der Waals surface area contributed by atoms with Crippen LogP contribution in [0.4, 0.5) is 5.82 Å². The smallest absolute Gasteiger partial charge is 0.128 e. The SMILES string of the molecule is COc1ccc(C(NN)c2c(C)ccnc2N)cc1C. The Morgan fingerprint density at radius 2 is 1.95 bits per heavy atom. The molecule has 1 aromatic carbocycles. The van der Waals surface area contributed by atoms with E-state index in [1.807, 2.05) is 38.1 Å². The Kier molecular flexibility index (Phi) is 4.22. The number of nitrogens with zero attached hydrogens (tertiary/aromatic N) is 1. The Hall–Kier alpha value is -2.11. The number of nitrogens with two attached hydrogens (primary N) is 2. The number of methoxy groups -OCH3 is 1. The van der Waals surface area contributed by atoms with Gasteiger partial charge in [0, 0.05) is 11.8 Å². The van der Waals surface area contributed by atoms with Crippen LogP contribution in [0.15, 0.2) is 30.5 Å². The van der Waals surface area contributed by atoms with Gasteiger partial charge in [-0.05, 0) is 42.7 Å². The average Bonchev–Trinajstić information content (AvgIpc) is 2.43. The predicted molar refractivity (Wildman–Crippen MR) is 80.3 cm³/mol. The molecule has 0 saturated carbocycles. The number of ether oxygens (including phenoxy) is 1. The molecule has 0 aliphatic rings. The average molecular weight is 272 g/mol. The largest absolute Gasteiger partial charge is 0.496 e. The first-order valence-corrected chi connectivity index (χ1v) is 6.40. The summed E-state index contributed by atoms with van der Waals surface area (Å²) < 4.78 is 5.28. The van der Waals surface area contributed by atoms with Crippen LogP contribution in [-0.4, -0.2) is 12.1 Å². The van der Waals surface area contributed by atoms with Gasteiger partial charge in [0.05, 0.1) is 13.2 Å². The first-order chi connectivity index (χ1) is 9.58. The molecule has 2 rings (SSSR count). The summed E-state index contributed by atoms with van der Waals surface area (Å²) in [5.74, 6) is 7.07. The van der Waals surface area contributed by atoms with Crippen molar-refractivity contribution < 1.29 is 4.74 Å². The monoisotopic (exact) mass is 272 g/mol. The first kappa shape index (κ1) is 14.3. The molecule has 20 heavy (non-hydrogen) atoms. The maximum absolute atomic E-state index is 6.00. The van der Waals surface area contributed by atoms with Crippen molar-refractivity contribution in [3.8, 4) is 5.75 Å². The van der Waals surface area contributed by atoms with E-state index < -0.39 is 0 Å². The van der Waals surface area contributed by atoms with Crippen molar-refractivity contribution in [1.29, 1.82) is 0 Å². The molecule has 106 valence electrons. The lowest BCUT2D eigenvalue weighted by atomic mass is 9.95. The molecular weight excluding hydrogens is 252 g/mol. The van der Waals surface area contributed by atoms with E-state index in [9.17, 15) is 0 Å². The number of hydrazine groups is 1. The second-order valence-corrected chi connectivity index (χ2v) is 4.76. The van der Waals surface area contributed by atoms with Gasteiger partial charge in [0.15, 0.2) is 0 Å². The highest BCUT2D eigenvalue weighted by Crippen LogP contribution is 2.30. The van der Waals surface area contributed by atoms with Crippen molar-refractivity contribution >= 4 is 5.82 Å². The van der Waals surface area contributed by atoms with Gasteiger partial charge < -0.3 is 10.5 Å². The van der Waals surface area contributed by atoms with Crippen molar-refractivity contribution in [3.05, 3.63) is 52.7 Å². The molecule has 0 radical (unpaired) electrons. The van der Waals surface area contributed by atoms with Gasteiger partial charge in [-0.25, -0.2) is 10.4 Å². The Bertz CT molecular complexity index is 593. The topological polar surface area (TPSA) is 86.2 Å². The van der Waals surface area contributed by atoms with E-state index in [2.05, 4.69) is 10.4 Å². The van der Waals surface area contributed by atoms with Gasteiger partial charge in [-0.15, -0.1) is 0 Å². The van der Waals surface area contributed by atoms with Gasteiger partial charge in [-0.1, -0.05) is 12.1 Å². The number of aryl methyl sites for hydroxylation is 2. The van der Waals surface area contributed by atoms with Gasteiger partial charge in [0.2, 0.25) is 0 Å². The highest BCUT2D eigenvalue weighted by molar-refractivity contribution is 5.51. The summed E-state index contributed by atoms with van der Waals surface area (Å²) in [6.07, 6.45) is 1.70. The van der Waals surface area contributed by atoms with Crippen molar-refractivity contribution in [1.82, 2.24) is 10.4 Å². The molecule has 1 atom stereocenters. The molecule has 0 fully saturated rings. The van der Waals surface area contributed by atoms with Crippen LogP contribution in [0, 0.1) is 13.8 Å². The van der Waals surface area contributed by atoms with Crippen LogP contribution < -0.4 is 21.7 Å². The molecule has 0 spiro atoms. The third-order valence-corrected chi connectivity index (χ3v) is 3.45. The minimum absolute atomic E-state index is 0.201. The first-order valence-electron chi connectivity index (χ1n) is 6.40. The Balaban J connectivity index is 2.50. The molecule has 0 saturated heterocycles. The molecule has 2 aromatic rings. The highest BCUT2D eigenvalue weighted by atomic mass is 16.5. The third kappa shape index (κ3) is 2.59. The van der Waals surface area contributed by atoms with Crippen LogP contribution >= 0.6 is 0 Å². The van der Waals surface area contributed by atoms with Gasteiger partial charge in [-0.3, -0.25) is 5.84 Å². The van der Waals surface area contributed by atoms with Crippen molar-refractivity contribution in [2.24, 2.45) is 5.84 Å². The van der Waals surface area contributed by atoms with Crippen molar-refractivity contribution in [2.75, 3.05) is 12.8 Å². The number of nitrogen functional groups attached to an aromatic ring is 1. The molecule has 0 amide bonds. The van der Waals surface area contributed by atoms with E-state index in [1.165, 1.54) is 0 Å². The van der Waals surface area contributed by atoms with E-state index >= 15 is 0 Å². The van der Waals surface area contributed by atoms with Crippen LogP contribution in [-0.2, 0) is 0 Å². The lowest BCUT2D eigenvalue weighted by molar-refractivity contribution is 0.411. The number of hydrogen-bond acceptors (Lipinski definition) is 5. The van der Waals surface area contributed by atoms with E-state index in [4.69, 9.17) is 16.3 Å². The van der Waals surface area contributed by atoms with Crippen molar-refractivity contribution in [2.45, 2.75) is 19.9 Å². The third-order valence-electron chi connectivity index (χ3n) is 3.45. The molecule has 5 N–H and O–H groups in total. The summed E-state index contributed by atoms with van der Waals surface area (Å²) in [5.41, 5.74) is 12.8. The van der Waals surface area contributed by atoms with Gasteiger partial charge >= 0.3 is 0 Å². The standard InChI is InChI=1S/C15H20N4O/c1-9-6-7-18-15(16)13(9)14(19-17)11-4-5-12(20-3)10(2)8-11/h4-8,14,19H,17H2,1-3H3,(H2,16,18). The summed E-state index contributed by atoms with van der Waals surface area (Å²) in [4.78, 5) is 4.15. The van der Waals surface area contributed by atoms with E-state index in [1.54, 1.807) is 13.3 Å². The molecule has 1 aromatic heterocycles. The minimum Gasteiger partial charge on any atom is -0.496 e. The molecule has 1 unspecified atom stereocenters. The summed E-state index contributed by atoms with van der Waals surface area (Å²) >= 11 is 0. The number of nitrogens with one attached hydrogen (secondary N) is 1. The second kappa shape index (κ2) is 5.90. The van der Waals surface area contributed by atoms with Gasteiger partial charge in [0.1, 0.15) is 11.6 Å². The number of aromatic nitrogens is 1. The molecule has 0 aliphatic carbocycles. The molecule has 5 nitrogen and oxygen atoms in total. The summed E-state index contributed by atoms with van der Waals surface area (Å²) in [7, 11) is 1.66. The number of anilines is 1. The molecule has 0 bridgehead atoms. The quantitative estimate of drug-likeness (QED) is 0.584. The Morgan fingerprint density at radius 1 is 1.20 bits per heavy atom. The van der Waals surface area contributed by atoms with Crippen LogP contribution in [0.2, 0.25) is 0 Å². The fourth-order valence-corrected chi connectivity index (χ4v) is 2.39. The maximum atomic E-state index is 6.00. The number of benzene rings is 1. The zero-order valence-electron chi connectivity index (χ0n) is 12.0. The van der Waals surface area contributed by atoms with Crippen molar-refractivity contribution in [3.63, 3.8) is 0 Å². The summed E-state index contributed by atoms with van der Waals surface area (Å²) in [6, 6.07) is 7.66. The summed E-state index contributed by atoms with van der Waals surface area (Å²) in [5, 5.41) is 0. The number of hydrogen-bond donors (Lipinski definition) is 3. The maximum Gasteiger partial charge on any atom is 0.128 e. The second-order valence-electron chi connectivity index (χ2n) is 4.76. The number of pyridine rings is 1. The Labute approximate surface area is 118 Å². The molecule has 0 aliphatic heterocycles. The van der Waals surface area contributed by atoms with Crippen LogP contribution in [0.1, 0.15) is 28.3 Å². The lowest BCUT2D eigenvalue weighted by Crippen LogP contribution is -2.30. The normalized spacial score (nSPS) is 12.2. The summed E-state index contributed by atoms with van der Waals surface area (Å²) in [6.45, 7) is 3.99. The predicted octanol–water partition coefficient (Wildman–Crippen LogP) is 1.84. The lowest BCUT2D eigenvalue weighted by Gasteiger charge is -2.21. The molecule has 5 heteroatoms. The Morgan fingerprint density at radius 3 is 2.50 bits per heavy atom. The van der Waals surface area contributed by atoms with E-state index in [-0.39, 0.29) is 6.04 Å². The van der Waals surface area contributed by atoms with Gasteiger partial charge in [-0.2, -0.15) is 0 Å². The highest BCUT2D eigenvalue weighted by Gasteiger charge is 2.19. The zero-order chi connectivity index (χ0) is 14.7. The number of rotatable bonds is 4. The van der Waals surface area contributed by atoms with Crippen LogP contribution in [0.5, 0.6) is 5.75 Å². The van der Waals surface area contributed by atoms with E-state index in [0.29, 0.717) is 5.82 Å². The molecule has 1 heterocycles. The minimum atomic E-state index is -0.201.